The Morgan fingerprint density at radius 3 is 1.11 bits per heavy atom. The number of halogens is 1. The van der Waals surface area contributed by atoms with Crippen LogP contribution in [0.5, 0.6) is 40.2 Å². The second-order valence-corrected chi connectivity index (χ2v) is 18.8. The Bertz CT molecular complexity index is 2330. The van der Waals surface area contributed by atoms with Crippen LogP contribution in [0.3, 0.4) is 0 Å². The summed E-state index contributed by atoms with van der Waals surface area (Å²) in [6.07, 6.45) is 5.52. The van der Waals surface area contributed by atoms with Crippen LogP contribution in [0.25, 0.3) is 0 Å². The molecule has 0 bridgehead atoms. The highest BCUT2D eigenvalue weighted by molar-refractivity contribution is 6.32. The van der Waals surface area contributed by atoms with Crippen molar-refractivity contribution >= 4 is 11.6 Å². The lowest BCUT2D eigenvalue weighted by Crippen LogP contribution is -2.12. The molecule has 0 spiro atoms. The Kier molecular flexibility index (Phi) is 53.8. The molecule has 0 aliphatic carbocycles. The minimum Gasteiger partial charge on any atom is -0.506 e. The topological polar surface area (TPSA) is 135 Å². The van der Waals surface area contributed by atoms with Gasteiger partial charge in [0.1, 0.15) is 55.2 Å². The second-order valence-electron chi connectivity index (χ2n) is 18.4. The fraction of sp³-hybridized carbons (Fsp3) is 0.493. The van der Waals surface area contributed by atoms with E-state index in [-0.39, 0.29) is 76.7 Å². The normalized spacial score (nSPS) is 10.7. The molecule has 3 N–H and O–H groups in total. The van der Waals surface area contributed by atoms with Gasteiger partial charge in [0.05, 0.1) is 31.5 Å². The maximum Gasteiger partial charge on any atom is 0.157 e. The van der Waals surface area contributed by atoms with Gasteiger partial charge in [0, 0.05) is 39.6 Å². The van der Waals surface area contributed by atoms with Gasteiger partial charge in [-0.25, -0.2) is 0 Å². The molecule has 0 fully saturated rings. The molecule has 6 rings (SSSR count). The minimum absolute atomic E-state index is 0. The first kappa shape index (κ1) is 88.3. The highest BCUT2D eigenvalue weighted by atomic mass is 35.5. The summed E-state index contributed by atoms with van der Waals surface area (Å²) in [6, 6.07) is 39.0. The number of ether oxygens (including phenoxy) is 8. The molecule has 0 aliphatic heterocycles. The van der Waals surface area contributed by atoms with Crippen molar-refractivity contribution in [1.29, 1.82) is 0 Å². The average Bonchev–Trinajstić information content (AvgIpc) is 3.43. The Hall–Kier alpha value is -5.95. The third-order valence-electron chi connectivity index (χ3n) is 12.5. The molecule has 3 atom stereocenters. The van der Waals surface area contributed by atoms with Gasteiger partial charge in [-0.3, -0.25) is 0 Å². The molecule has 6 aromatic rings. The van der Waals surface area contributed by atoms with E-state index < -0.39 is 0 Å². The van der Waals surface area contributed by atoms with E-state index in [2.05, 4.69) is 84.9 Å². The van der Waals surface area contributed by atoms with E-state index in [0.717, 1.165) is 82.9 Å². The largest absolute Gasteiger partial charge is 0.506 e. The van der Waals surface area contributed by atoms with Gasteiger partial charge in [0.2, 0.25) is 0 Å². The van der Waals surface area contributed by atoms with E-state index in [1.165, 1.54) is 22.8 Å². The molecule has 0 saturated carbocycles. The van der Waals surface area contributed by atoms with Crippen LogP contribution in [0.4, 0.5) is 0 Å². The van der Waals surface area contributed by atoms with Crippen LogP contribution in [0.1, 0.15) is 196 Å². The Morgan fingerprint density at radius 2 is 0.723 bits per heavy atom. The first-order valence-corrected chi connectivity index (χ1v) is 26.5. The molecule has 474 valence electrons. The summed E-state index contributed by atoms with van der Waals surface area (Å²) >= 11 is 5.76. The van der Waals surface area contributed by atoms with Crippen LogP contribution in [0.2, 0.25) is 5.02 Å². The first-order chi connectivity index (χ1) is 36.2. The number of phenols is 3. The lowest BCUT2D eigenvalue weighted by molar-refractivity contribution is 0.161. The van der Waals surface area contributed by atoms with Gasteiger partial charge in [-0.15, -0.1) is 0 Å². The van der Waals surface area contributed by atoms with Crippen molar-refractivity contribution in [2.24, 2.45) is 0 Å². The van der Waals surface area contributed by atoms with E-state index in [4.69, 9.17) is 59.7 Å². The van der Waals surface area contributed by atoms with Crippen molar-refractivity contribution in [2.75, 3.05) is 54.9 Å². The van der Waals surface area contributed by atoms with Gasteiger partial charge in [-0.2, -0.15) is 0 Å². The summed E-state index contributed by atoms with van der Waals surface area (Å²) in [7, 11) is 6.73. The fourth-order valence-electron chi connectivity index (χ4n) is 7.58. The number of rotatable bonds is 26. The summed E-state index contributed by atoms with van der Waals surface area (Å²) in [4.78, 5) is 0. The SMILES string of the molecule is C.C.C.C.C.C.C.C.CCC(C)c1ccc(O)c(Cl)c1.CCC(C)c1ccc(O)c(O)c1.CCC(C)c1ccc(OCCOc2c(COC)cc(COC)cc2COC)cc1.CCCc1ccc(OCCOc2ccc(COC)cc2)cc1. The summed E-state index contributed by atoms with van der Waals surface area (Å²) in [5.74, 6) is 4.94. The van der Waals surface area contributed by atoms with E-state index in [9.17, 15) is 5.11 Å². The number of hydrogen-bond donors (Lipinski definition) is 3. The quantitative estimate of drug-likeness (QED) is 0.0354. The molecule has 0 saturated heterocycles. The molecule has 0 aliphatic rings. The zero-order chi connectivity index (χ0) is 55.0. The zero-order valence-corrected chi connectivity index (χ0v) is 47.2. The van der Waals surface area contributed by atoms with Gasteiger partial charge >= 0.3 is 0 Å². The number of hydrogen-bond acceptors (Lipinski definition) is 11. The van der Waals surface area contributed by atoms with Crippen LogP contribution < -0.4 is 18.9 Å². The standard InChI is InChI=1S/C24H34O5.C19H24O3.C10H13ClO.C10H14O2.8CH4/c1-6-18(2)20-7-9-23(10-8-20)28-11-12-29-24-21(16-26-4)13-19(15-25-3)14-22(24)17-27-5;1-3-4-16-5-9-18(10-6-16)21-13-14-22-19-11-7-17(8-12-19)15-20-2;1-3-7(2)8-4-5-10(12)9(11)6-8;1-3-7(2)8-4-5-9(11)10(12)6-8;;;;;;;;/h7-10,13-14,18H,6,11-12,15-17H2,1-5H3;5-12H,3-4,13-15H2,1-2H3;4-7,12H,3H2,1-2H3;4-7,11-12H,3H2,1-2H3;8*1H4. The Balaban J connectivity index is -0.000000245. The minimum atomic E-state index is -0.0537. The number of methoxy groups -OCH3 is 4. The van der Waals surface area contributed by atoms with Crippen molar-refractivity contribution in [3.8, 4) is 40.2 Å². The molecule has 6 aromatic carbocycles. The third-order valence-corrected chi connectivity index (χ3v) is 12.8. The van der Waals surface area contributed by atoms with Crippen LogP contribution >= 0.6 is 11.6 Å². The summed E-state index contributed by atoms with van der Waals surface area (Å²) in [5.41, 5.74) is 9.09. The van der Waals surface area contributed by atoms with Crippen LogP contribution in [0.15, 0.2) is 121 Å². The van der Waals surface area contributed by atoms with E-state index in [1.807, 2.05) is 66.7 Å². The molecule has 3 unspecified atom stereocenters. The van der Waals surface area contributed by atoms with Crippen LogP contribution in [0, 0.1) is 0 Å². The molecule has 83 heavy (non-hydrogen) atoms. The first-order valence-electron chi connectivity index (χ1n) is 26.1. The molecular formula is C71H117ClO11. The predicted octanol–water partition coefficient (Wildman–Crippen LogP) is 20.6. The van der Waals surface area contributed by atoms with Gasteiger partial charge in [0.15, 0.2) is 11.5 Å². The highest BCUT2D eigenvalue weighted by Gasteiger charge is 2.14. The second kappa shape index (κ2) is 50.6. The van der Waals surface area contributed by atoms with Crippen LogP contribution in [-0.4, -0.2) is 70.2 Å². The molecule has 0 aromatic heterocycles. The lowest BCUT2D eigenvalue weighted by Gasteiger charge is -2.18. The smallest absolute Gasteiger partial charge is 0.157 e. The van der Waals surface area contributed by atoms with Crippen molar-refractivity contribution in [1.82, 2.24) is 0 Å². The number of aromatic hydroxyl groups is 3. The van der Waals surface area contributed by atoms with Gasteiger partial charge in [-0.05, 0) is 150 Å². The lowest BCUT2D eigenvalue weighted by atomic mass is 9.98. The summed E-state index contributed by atoms with van der Waals surface area (Å²) in [5, 5.41) is 27.8. The monoisotopic (exact) mass is 1180 g/mol. The highest BCUT2D eigenvalue weighted by Crippen LogP contribution is 2.31. The van der Waals surface area contributed by atoms with Gasteiger partial charge < -0.3 is 53.2 Å². The maximum absolute atomic E-state index is 9.19. The van der Waals surface area contributed by atoms with Gasteiger partial charge in [-0.1, -0.05) is 174 Å². The van der Waals surface area contributed by atoms with Crippen molar-refractivity contribution in [2.45, 2.75) is 184 Å². The fourth-order valence-corrected chi connectivity index (χ4v) is 7.76. The summed E-state index contributed by atoms with van der Waals surface area (Å²) in [6.45, 7) is 19.1. The third kappa shape index (κ3) is 32.6. The zero-order valence-electron chi connectivity index (χ0n) is 46.5. The number of benzene rings is 6. The molecular weight excluding hydrogens is 1060 g/mol. The molecule has 11 nitrogen and oxygen atoms in total. The molecule has 12 heteroatoms. The van der Waals surface area contributed by atoms with Gasteiger partial charge in [0.25, 0.3) is 0 Å². The van der Waals surface area contributed by atoms with E-state index in [1.54, 1.807) is 40.6 Å². The average molecular weight is 1180 g/mol. The van der Waals surface area contributed by atoms with E-state index >= 15 is 0 Å². The van der Waals surface area contributed by atoms with Crippen molar-refractivity contribution in [3.63, 3.8) is 0 Å². The van der Waals surface area contributed by atoms with E-state index in [0.29, 0.717) is 75.6 Å². The molecule has 0 radical (unpaired) electrons. The van der Waals surface area contributed by atoms with Crippen molar-refractivity contribution in [3.05, 3.63) is 171 Å². The Morgan fingerprint density at radius 1 is 0.373 bits per heavy atom. The summed E-state index contributed by atoms with van der Waals surface area (Å²) < 4.78 is 44.3. The molecule has 0 heterocycles. The van der Waals surface area contributed by atoms with Crippen molar-refractivity contribution < 1.29 is 53.2 Å². The van der Waals surface area contributed by atoms with Crippen LogP contribution in [-0.2, 0) is 51.8 Å². The maximum atomic E-state index is 9.19. The molecule has 0 amide bonds. The predicted molar refractivity (Wildman–Crippen MR) is 357 cm³/mol. The number of aryl methyl sites for hydroxylation is 1. The Labute approximate surface area is 512 Å². The number of phenolic OH excluding ortho intramolecular Hbond substituents is 3.